The molecule has 7 nitrogen and oxygen atoms in total. The molecule has 1 aromatic carbocycles. The van der Waals surface area contributed by atoms with Crippen molar-refractivity contribution < 1.29 is 19.5 Å². The van der Waals surface area contributed by atoms with E-state index in [9.17, 15) is 19.5 Å². The Balaban J connectivity index is 1.60. The fourth-order valence-electron chi connectivity index (χ4n) is 7.27. The van der Waals surface area contributed by atoms with E-state index in [0.29, 0.717) is 32.6 Å². The molecule has 0 aromatic heterocycles. The number of carbonyl (C=O) groups is 3. The lowest BCUT2D eigenvalue weighted by molar-refractivity contribution is -0.147. The van der Waals surface area contributed by atoms with Crippen LogP contribution in [0.5, 0.6) is 0 Å². The van der Waals surface area contributed by atoms with Gasteiger partial charge in [-0.15, -0.1) is 11.8 Å². The molecule has 5 rings (SSSR count). The molecule has 0 saturated carbocycles. The van der Waals surface area contributed by atoms with Crippen molar-refractivity contribution in [1.29, 1.82) is 0 Å². The summed E-state index contributed by atoms with van der Waals surface area (Å²) in [7, 11) is 0. The van der Waals surface area contributed by atoms with Crippen LogP contribution in [0.3, 0.4) is 0 Å². The number of amides is 3. The fourth-order valence-corrected chi connectivity index (χ4v) is 9.41. The third-order valence-electron chi connectivity index (χ3n) is 9.01. The average molecular weight is 566 g/mol. The normalized spacial score (nSPS) is 32.3. The molecule has 0 bridgehead atoms. The number of aliphatic hydroxyl groups excluding tert-OH is 1. The number of unbranched alkanes of at least 4 members (excludes halogenated alkanes) is 1. The smallest absolute Gasteiger partial charge is 0.247 e. The molecule has 1 aromatic rings. The van der Waals surface area contributed by atoms with Gasteiger partial charge in [0.15, 0.2) is 0 Å². The van der Waals surface area contributed by atoms with Gasteiger partial charge in [-0.05, 0) is 31.2 Å². The largest absolute Gasteiger partial charge is 0.394 e. The number of rotatable bonds is 9. The zero-order chi connectivity index (χ0) is 28.7. The number of benzene rings is 1. The van der Waals surface area contributed by atoms with Crippen molar-refractivity contribution in [3.63, 3.8) is 0 Å². The quantitative estimate of drug-likeness (QED) is 0.460. The SMILES string of the molecule is CCCCN1CC=C[C@]23S[C@@]4(C)C=CCN(Cc5ccccc5)C(=O)[C@H]4[C@H]2C(=O)N([C@@H](CO)CC(C)C)C3C1=O. The van der Waals surface area contributed by atoms with Gasteiger partial charge in [0.25, 0.3) is 0 Å². The highest BCUT2D eigenvalue weighted by Crippen LogP contribution is 2.66. The summed E-state index contributed by atoms with van der Waals surface area (Å²) in [5.41, 5.74) is 1.04. The van der Waals surface area contributed by atoms with Crippen molar-refractivity contribution in [2.45, 2.75) is 75.1 Å². The molecular formula is C32H43N3O4S. The first-order chi connectivity index (χ1) is 19.2. The fraction of sp³-hybridized carbons (Fsp3) is 0.594. The van der Waals surface area contributed by atoms with Crippen LogP contribution in [0.15, 0.2) is 54.6 Å². The van der Waals surface area contributed by atoms with Crippen LogP contribution in [0.4, 0.5) is 0 Å². The van der Waals surface area contributed by atoms with Gasteiger partial charge in [0.05, 0.1) is 29.2 Å². The van der Waals surface area contributed by atoms with Crippen LogP contribution in [-0.2, 0) is 20.9 Å². The maximum Gasteiger partial charge on any atom is 0.247 e. The summed E-state index contributed by atoms with van der Waals surface area (Å²) in [6, 6.07) is 8.69. The van der Waals surface area contributed by atoms with Crippen LogP contribution >= 0.6 is 11.8 Å². The Labute approximate surface area is 242 Å². The number of thioether (sulfide) groups is 1. The summed E-state index contributed by atoms with van der Waals surface area (Å²) in [6.07, 6.45) is 10.7. The second-order valence-corrected chi connectivity index (χ2v) is 14.1. The predicted octanol–water partition coefficient (Wildman–Crippen LogP) is 3.88. The van der Waals surface area contributed by atoms with Crippen LogP contribution in [0.2, 0.25) is 0 Å². The second-order valence-electron chi connectivity index (χ2n) is 12.4. The van der Waals surface area contributed by atoms with Crippen molar-refractivity contribution in [2.24, 2.45) is 17.8 Å². The summed E-state index contributed by atoms with van der Waals surface area (Å²) in [5, 5.41) is 10.5. The molecule has 216 valence electrons. The van der Waals surface area contributed by atoms with Gasteiger partial charge in [-0.25, -0.2) is 0 Å². The molecule has 4 heterocycles. The Morgan fingerprint density at radius 1 is 0.975 bits per heavy atom. The summed E-state index contributed by atoms with van der Waals surface area (Å²) >= 11 is 1.61. The topological polar surface area (TPSA) is 81.2 Å². The molecule has 6 atom stereocenters. The number of nitrogens with zero attached hydrogens (tertiary/aromatic N) is 3. The predicted molar refractivity (Wildman–Crippen MR) is 158 cm³/mol. The molecule has 40 heavy (non-hydrogen) atoms. The maximum atomic E-state index is 14.6. The molecule has 4 aliphatic heterocycles. The third kappa shape index (κ3) is 4.81. The van der Waals surface area contributed by atoms with Gasteiger partial charge in [0, 0.05) is 30.9 Å². The molecule has 2 saturated heterocycles. The average Bonchev–Trinajstić information content (AvgIpc) is 3.21. The molecule has 1 unspecified atom stereocenters. The van der Waals surface area contributed by atoms with E-state index in [4.69, 9.17) is 0 Å². The molecule has 2 fully saturated rings. The second kappa shape index (κ2) is 11.4. The lowest BCUT2D eigenvalue weighted by Gasteiger charge is -2.40. The van der Waals surface area contributed by atoms with Crippen molar-refractivity contribution >= 4 is 29.5 Å². The van der Waals surface area contributed by atoms with E-state index in [1.165, 1.54) is 0 Å². The number of aliphatic hydroxyl groups is 1. The van der Waals surface area contributed by atoms with E-state index in [1.54, 1.807) is 16.7 Å². The van der Waals surface area contributed by atoms with Crippen molar-refractivity contribution in [2.75, 3.05) is 26.2 Å². The van der Waals surface area contributed by atoms with E-state index in [1.807, 2.05) is 52.3 Å². The first-order valence-corrected chi connectivity index (χ1v) is 15.6. The third-order valence-corrected chi connectivity index (χ3v) is 10.8. The van der Waals surface area contributed by atoms with E-state index < -0.39 is 33.4 Å². The van der Waals surface area contributed by atoms with E-state index in [-0.39, 0.29) is 30.2 Å². The summed E-state index contributed by atoms with van der Waals surface area (Å²) in [4.78, 5) is 48.8. The Morgan fingerprint density at radius 3 is 2.35 bits per heavy atom. The highest BCUT2D eigenvalue weighted by molar-refractivity contribution is 8.02. The Morgan fingerprint density at radius 2 is 1.68 bits per heavy atom. The lowest BCUT2D eigenvalue weighted by atomic mass is 9.74. The van der Waals surface area contributed by atoms with Gasteiger partial charge in [-0.2, -0.15) is 0 Å². The minimum atomic E-state index is -0.880. The van der Waals surface area contributed by atoms with Crippen LogP contribution < -0.4 is 0 Å². The van der Waals surface area contributed by atoms with Crippen molar-refractivity contribution in [3.05, 3.63) is 60.2 Å². The Hall–Kier alpha value is -2.58. The van der Waals surface area contributed by atoms with Gasteiger partial charge in [-0.1, -0.05) is 81.8 Å². The number of hydrogen-bond donors (Lipinski definition) is 1. The van der Waals surface area contributed by atoms with Crippen molar-refractivity contribution in [1.82, 2.24) is 14.7 Å². The molecule has 1 N–H and O–H groups in total. The highest BCUT2D eigenvalue weighted by Gasteiger charge is 2.74. The summed E-state index contributed by atoms with van der Waals surface area (Å²) in [5.74, 6) is -1.36. The Bertz CT molecular complexity index is 1190. The molecule has 4 aliphatic rings. The van der Waals surface area contributed by atoms with Crippen LogP contribution in [0.25, 0.3) is 0 Å². The number of carbonyl (C=O) groups excluding carboxylic acids is 3. The number of likely N-dealkylation sites (tertiary alicyclic amines) is 1. The molecule has 8 heteroatoms. The number of hydrogen-bond acceptors (Lipinski definition) is 5. The zero-order valence-electron chi connectivity index (χ0n) is 24.2. The molecule has 0 aliphatic carbocycles. The van der Waals surface area contributed by atoms with Crippen LogP contribution in [-0.4, -0.2) is 85.3 Å². The highest BCUT2D eigenvalue weighted by atomic mass is 32.2. The van der Waals surface area contributed by atoms with Gasteiger partial charge in [-0.3, -0.25) is 14.4 Å². The van der Waals surface area contributed by atoms with Gasteiger partial charge >= 0.3 is 0 Å². The van der Waals surface area contributed by atoms with E-state index in [2.05, 4.69) is 39.8 Å². The van der Waals surface area contributed by atoms with Crippen LogP contribution in [0.1, 0.15) is 52.5 Å². The number of fused-ring (bicyclic) bond motifs is 2. The van der Waals surface area contributed by atoms with Gasteiger partial charge in [0.2, 0.25) is 17.7 Å². The minimum absolute atomic E-state index is 0.0444. The van der Waals surface area contributed by atoms with E-state index in [0.717, 1.165) is 18.4 Å². The first kappa shape index (κ1) is 28.9. The van der Waals surface area contributed by atoms with Gasteiger partial charge < -0.3 is 19.8 Å². The molecular weight excluding hydrogens is 522 g/mol. The summed E-state index contributed by atoms with van der Waals surface area (Å²) < 4.78 is -1.52. The standard InChI is InChI=1S/C32H43N3O4S/c1-5-6-16-33-17-11-15-32-26(29(38)35(27(32)30(33)39)24(21-36)19-22(2)3)25-28(37)34(18-10-14-31(25,4)40-32)20-23-12-8-7-9-13-23/h7-15,22,24-27,36H,5-6,16-21H2,1-4H3/t24-,25-,26+,27?,31+,32+/m1/s1. The van der Waals surface area contributed by atoms with Crippen molar-refractivity contribution in [3.8, 4) is 0 Å². The lowest BCUT2D eigenvalue weighted by Crippen LogP contribution is -2.57. The molecule has 3 amide bonds. The zero-order valence-corrected chi connectivity index (χ0v) is 25.0. The summed E-state index contributed by atoms with van der Waals surface area (Å²) in [6.45, 7) is 10.1. The van der Waals surface area contributed by atoms with Crippen LogP contribution in [0, 0.1) is 17.8 Å². The van der Waals surface area contributed by atoms with Gasteiger partial charge in [0.1, 0.15) is 6.04 Å². The molecule has 0 radical (unpaired) electrons. The first-order valence-electron chi connectivity index (χ1n) is 14.8. The monoisotopic (exact) mass is 565 g/mol. The maximum absolute atomic E-state index is 14.6. The Kier molecular flexibility index (Phi) is 8.22. The molecule has 1 spiro atoms. The van der Waals surface area contributed by atoms with E-state index >= 15 is 0 Å². The minimum Gasteiger partial charge on any atom is -0.394 e.